The highest BCUT2D eigenvalue weighted by molar-refractivity contribution is 8.00. The van der Waals surface area contributed by atoms with Gasteiger partial charge in [0.2, 0.25) is 0 Å². The van der Waals surface area contributed by atoms with Crippen molar-refractivity contribution in [3.05, 3.63) is 0 Å². The van der Waals surface area contributed by atoms with E-state index in [0.29, 0.717) is 10.6 Å². The van der Waals surface area contributed by atoms with E-state index >= 15 is 0 Å². The lowest BCUT2D eigenvalue weighted by atomic mass is 10.1. The maximum absolute atomic E-state index is 5.84. The van der Waals surface area contributed by atoms with Crippen LogP contribution in [-0.2, 0) is 0 Å². The van der Waals surface area contributed by atoms with E-state index in [0.717, 1.165) is 12.3 Å². The molecule has 0 heterocycles. The number of hydrogen-bond donors (Lipinski definition) is 1. The van der Waals surface area contributed by atoms with Crippen LogP contribution >= 0.6 is 11.8 Å². The van der Waals surface area contributed by atoms with Crippen LogP contribution in [0.1, 0.15) is 34.1 Å². The summed E-state index contributed by atoms with van der Waals surface area (Å²) >= 11 is 1.86. The first kappa shape index (κ1) is 10.3. The highest BCUT2D eigenvalue weighted by atomic mass is 32.2. The molecule has 0 radical (unpaired) electrons. The second-order valence-electron chi connectivity index (χ2n) is 3.35. The third-order valence-electron chi connectivity index (χ3n) is 1.15. The third kappa shape index (κ3) is 6.43. The van der Waals surface area contributed by atoms with E-state index in [1.807, 2.05) is 11.8 Å². The summed E-state index contributed by atoms with van der Waals surface area (Å²) in [6.07, 6.45) is 1.13. The Morgan fingerprint density at radius 1 is 1.20 bits per heavy atom. The predicted octanol–water partition coefficient (Wildman–Crippen LogP) is 2.46. The first-order valence-corrected chi connectivity index (χ1v) is 4.87. The summed E-state index contributed by atoms with van der Waals surface area (Å²) in [6.45, 7) is 8.79. The molecule has 0 bridgehead atoms. The van der Waals surface area contributed by atoms with Crippen LogP contribution in [0.3, 0.4) is 0 Å². The largest absolute Gasteiger partial charge is 0.319 e. The van der Waals surface area contributed by atoms with Crippen molar-refractivity contribution in [3.8, 4) is 0 Å². The maximum atomic E-state index is 5.84. The van der Waals surface area contributed by atoms with Crippen molar-refractivity contribution in [2.24, 2.45) is 11.7 Å². The number of nitrogens with two attached hydrogens (primary N) is 1. The van der Waals surface area contributed by atoms with Crippen molar-refractivity contribution in [1.29, 1.82) is 0 Å². The van der Waals surface area contributed by atoms with Gasteiger partial charge in [-0.25, -0.2) is 0 Å². The van der Waals surface area contributed by atoms with E-state index in [-0.39, 0.29) is 0 Å². The Morgan fingerprint density at radius 3 is 2.00 bits per heavy atom. The Bertz CT molecular complexity index is 71.3. The molecule has 0 aromatic heterocycles. The van der Waals surface area contributed by atoms with E-state index in [2.05, 4.69) is 27.7 Å². The standard InChI is InChI=1S/C8H19NS/c1-6(2)5-8(9)10-7(3)4/h6-8H,5,9H2,1-4H3. The fourth-order valence-corrected chi connectivity index (χ4v) is 2.06. The third-order valence-corrected chi connectivity index (χ3v) is 2.24. The first-order chi connectivity index (χ1) is 4.52. The molecule has 2 heteroatoms. The minimum Gasteiger partial charge on any atom is -0.319 e. The first-order valence-electron chi connectivity index (χ1n) is 3.93. The van der Waals surface area contributed by atoms with Crippen molar-refractivity contribution in [2.45, 2.75) is 44.7 Å². The van der Waals surface area contributed by atoms with Crippen LogP contribution < -0.4 is 5.73 Å². The van der Waals surface area contributed by atoms with Gasteiger partial charge in [-0.3, -0.25) is 0 Å². The molecular weight excluding hydrogens is 142 g/mol. The summed E-state index contributed by atoms with van der Waals surface area (Å²) in [5.41, 5.74) is 5.84. The number of hydrogen-bond acceptors (Lipinski definition) is 2. The molecule has 62 valence electrons. The molecule has 0 saturated carbocycles. The molecule has 0 aliphatic rings. The van der Waals surface area contributed by atoms with Gasteiger partial charge in [0, 0.05) is 5.25 Å². The molecule has 0 fully saturated rings. The molecule has 1 nitrogen and oxygen atoms in total. The van der Waals surface area contributed by atoms with Gasteiger partial charge in [-0.2, -0.15) is 0 Å². The molecule has 10 heavy (non-hydrogen) atoms. The second kappa shape index (κ2) is 5.03. The Hall–Kier alpha value is 0.310. The van der Waals surface area contributed by atoms with Gasteiger partial charge in [-0.1, -0.05) is 27.7 Å². The zero-order valence-corrected chi connectivity index (χ0v) is 8.24. The van der Waals surface area contributed by atoms with Crippen LogP contribution in [0, 0.1) is 5.92 Å². The van der Waals surface area contributed by atoms with E-state index in [1.165, 1.54) is 0 Å². The van der Waals surface area contributed by atoms with Crippen molar-refractivity contribution in [3.63, 3.8) is 0 Å². The van der Waals surface area contributed by atoms with Gasteiger partial charge in [0.1, 0.15) is 0 Å². The van der Waals surface area contributed by atoms with Crippen molar-refractivity contribution in [1.82, 2.24) is 0 Å². The quantitative estimate of drug-likeness (QED) is 0.641. The maximum Gasteiger partial charge on any atom is 0.0512 e. The molecule has 0 aromatic carbocycles. The molecule has 0 aromatic rings. The highest BCUT2D eigenvalue weighted by Crippen LogP contribution is 2.18. The zero-order chi connectivity index (χ0) is 8.15. The van der Waals surface area contributed by atoms with Crippen LogP contribution in [-0.4, -0.2) is 10.6 Å². The monoisotopic (exact) mass is 161 g/mol. The molecule has 0 spiro atoms. The van der Waals surface area contributed by atoms with E-state index in [1.54, 1.807) is 0 Å². The molecular formula is C8H19NS. The number of thioether (sulfide) groups is 1. The molecule has 1 unspecified atom stereocenters. The van der Waals surface area contributed by atoms with Gasteiger partial charge in [0.25, 0.3) is 0 Å². The summed E-state index contributed by atoms with van der Waals surface area (Å²) in [5.74, 6) is 0.723. The van der Waals surface area contributed by atoms with E-state index in [4.69, 9.17) is 5.73 Å². The van der Waals surface area contributed by atoms with Crippen LogP contribution in [0.2, 0.25) is 0 Å². The Kier molecular flexibility index (Phi) is 5.18. The average Bonchev–Trinajstić information content (AvgIpc) is 1.58. The highest BCUT2D eigenvalue weighted by Gasteiger charge is 2.06. The molecule has 0 amide bonds. The zero-order valence-electron chi connectivity index (χ0n) is 7.42. The lowest BCUT2D eigenvalue weighted by Gasteiger charge is -2.15. The van der Waals surface area contributed by atoms with Crippen LogP contribution in [0.25, 0.3) is 0 Å². The van der Waals surface area contributed by atoms with Gasteiger partial charge in [-0.05, 0) is 12.3 Å². The minimum absolute atomic E-state index is 0.333. The SMILES string of the molecule is CC(C)CC(N)SC(C)C. The molecule has 0 rings (SSSR count). The lowest BCUT2D eigenvalue weighted by Crippen LogP contribution is -2.19. The average molecular weight is 161 g/mol. The Balaban J connectivity index is 3.34. The predicted molar refractivity (Wildman–Crippen MR) is 50.2 cm³/mol. The molecule has 0 aliphatic carbocycles. The normalized spacial score (nSPS) is 14.7. The summed E-state index contributed by atoms with van der Waals surface area (Å²) in [7, 11) is 0. The summed E-state index contributed by atoms with van der Waals surface area (Å²) in [4.78, 5) is 0. The van der Waals surface area contributed by atoms with Gasteiger partial charge < -0.3 is 5.73 Å². The van der Waals surface area contributed by atoms with Crippen molar-refractivity contribution < 1.29 is 0 Å². The summed E-state index contributed by atoms with van der Waals surface area (Å²) in [5, 5.41) is 0.994. The van der Waals surface area contributed by atoms with Crippen molar-refractivity contribution in [2.75, 3.05) is 0 Å². The van der Waals surface area contributed by atoms with E-state index < -0.39 is 0 Å². The lowest BCUT2D eigenvalue weighted by molar-refractivity contribution is 0.575. The van der Waals surface area contributed by atoms with Crippen LogP contribution in [0.5, 0.6) is 0 Å². The summed E-state index contributed by atoms with van der Waals surface area (Å²) < 4.78 is 0. The van der Waals surface area contributed by atoms with Gasteiger partial charge >= 0.3 is 0 Å². The van der Waals surface area contributed by atoms with Crippen LogP contribution in [0.4, 0.5) is 0 Å². The van der Waals surface area contributed by atoms with E-state index in [9.17, 15) is 0 Å². The molecule has 0 aliphatic heterocycles. The minimum atomic E-state index is 0.333. The Labute approximate surface area is 68.8 Å². The van der Waals surface area contributed by atoms with Crippen LogP contribution in [0.15, 0.2) is 0 Å². The fourth-order valence-electron chi connectivity index (χ4n) is 0.870. The topological polar surface area (TPSA) is 26.0 Å². The number of rotatable bonds is 4. The fraction of sp³-hybridized carbons (Fsp3) is 1.00. The molecule has 1 atom stereocenters. The smallest absolute Gasteiger partial charge is 0.0512 e. The Morgan fingerprint density at radius 2 is 1.70 bits per heavy atom. The van der Waals surface area contributed by atoms with Gasteiger partial charge in [0.05, 0.1) is 5.37 Å². The second-order valence-corrected chi connectivity index (χ2v) is 5.17. The van der Waals surface area contributed by atoms with Gasteiger partial charge in [0.15, 0.2) is 0 Å². The summed E-state index contributed by atoms with van der Waals surface area (Å²) in [6, 6.07) is 0. The van der Waals surface area contributed by atoms with Gasteiger partial charge in [-0.15, -0.1) is 11.8 Å². The molecule has 0 saturated heterocycles. The van der Waals surface area contributed by atoms with Crippen molar-refractivity contribution >= 4 is 11.8 Å². The molecule has 2 N–H and O–H groups in total.